The van der Waals surface area contributed by atoms with Crippen molar-refractivity contribution in [1.29, 1.82) is 5.26 Å². The summed E-state index contributed by atoms with van der Waals surface area (Å²) in [7, 11) is 1.60. The Labute approximate surface area is 161 Å². The van der Waals surface area contributed by atoms with E-state index in [1.165, 1.54) is 5.56 Å². The molecule has 1 aromatic rings. The molecule has 0 unspecified atom stereocenters. The second-order valence-electron chi connectivity index (χ2n) is 8.42. The first-order valence-electron chi connectivity index (χ1n) is 9.60. The van der Waals surface area contributed by atoms with Gasteiger partial charge in [-0.25, -0.2) is 4.79 Å². The molecule has 1 aromatic carbocycles. The molecule has 0 spiro atoms. The van der Waals surface area contributed by atoms with E-state index in [2.05, 4.69) is 11.0 Å². The molecule has 6 heteroatoms. The van der Waals surface area contributed by atoms with Gasteiger partial charge in [-0.1, -0.05) is 6.07 Å². The van der Waals surface area contributed by atoms with Crippen molar-refractivity contribution in [2.24, 2.45) is 0 Å². The molecule has 146 valence electrons. The molecule has 2 fully saturated rings. The molecule has 0 aromatic heterocycles. The van der Waals surface area contributed by atoms with Crippen LogP contribution in [0.3, 0.4) is 0 Å². The van der Waals surface area contributed by atoms with Crippen molar-refractivity contribution in [1.82, 2.24) is 9.80 Å². The van der Waals surface area contributed by atoms with Gasteiger partial charge in [0.15, 0.2) is 0 Å². The van der Waals surface area contributed by atoms with E-state index < -0.39 is 5.60 Å². The average molecular weight is 371 g/mol. The third kappa shape index (κ3) is 4.54. The number of methoxy groups -OCH3 is 1. The number of piperazine rings is 1. The van der Waals surface area contributed by atoms with Crippen LogP contribution in [0.2, 0.25) is 0 Å². The molecule has 0 aliphatic carbocycles. The number of ether oxygens (including phenoxy) is 2. The van der Waals surface area contributed by atoms with Crippen LogP contribution in [-0.2, 0) is 4.74 Å². The number of hydrogen-bond acceptors (Lipinski definition) is 5. The van der Waals surface area contributed by atoms with Gasteiger partial charge in [0, 0.05) is 32.2 Å². The largest absolute Gasteiger partial charge is 0.495 e. The predicted molar refractivity (Wildman–Crippen MR) is 103 cm³/mol. The number of carbonyl (C=O) groups excluding carboxylic acids is 1. The molecule has 3 rings (SSSR count). The summed E-state index contributed by atoms with van der Waals surface area (Å²) in [5.41, 5.74) is 1.33. The summed E-state index contributed by atoms with van der Waals surface area (Å²) in [6.07, 6.45) is 1.91. The maximum atomic E-state index is 12.3. The SMILES string of the molecule is COc1cc([C@@H]2CC[C@@H]3CN(C(=O)OC(C)(C)C)CCN3C2)ccc1C#N. The van der Waals surface area contributed by atoms with Gasteiger partial charge in [0.05, 0.1) is 12.7 Å². The van der Waals surface area contributed by atoms with E-state index in [1.807, 2.05) is 43.9 Å². The third-order valence-corrected chi connectivity index (χ3v) is 5.38. The summed E-state index contributed by atoms with van der Waals surface area (Å²) in [6.45, 7) is 8.98. The van der Waals surface area contributed by atoms with Gasteiger partial charge in [-0.05, 0) is 57.2 Å². The summed E-state index contributed by atoms with van der Waals surface area (Å²) in [4.78, 5) is 16.7. The van der Waals surface area contributed by atoms with Crippen LogP contribution in [0.25, 0.3) is 0 Å². The minimum Gasteiger partial charge on any atom is -0.495 e. The minimum atomic E-state index is -0.458. The normalized spacial score (nSPS) is 23.3. The highest BCUT2D eigenvalue weighted by molar-refractivity contribution is 5.68. The van der Waals surface area contributed by atoms with Crippen molar-refractivity contribution < 1.29 is 14.3 Å². The lowest BCUT2D eigenvalue weighted by Gasteiger charge is -2.46. The molecule has 1 amide bonds. The number of piperidine rings is 1. The highest BCUT2D eigenvalue weighted by Crippen LogP contribution is 2.34. The topological polar surface area (TPSA) is 65.8 Å². The van der Waals surface area contributed by atoms with Crippen molar-refractivity contribution in [3.05, 3.63) is 29.3 Å². The monoisotopic (exact) mass is 371 g/mol. The number of benzene rings is 1. The fourth-order valence-corrected chi connectivity index (χ4v) is 3.99. The van der Waals surface area contributed by atoms with Crippen molar-refractivity contribution >= 4 is 6.09 Å². The lowest BCUT2D eigenvalue weighted by Crippen LogP contribution is -2.57. The van der Waals surface area contributed by atoms with Crippen LogP contribution in [0.4, 0.5) is 4.79 Å². The first-order valence-corrected chi connectivity index (χ1v) is 9.60. The Balaban J connectivity index is 1.63. The molecular formula is C21H29N3O3. The predicted octanol–water partition coefficient (Wildman–Crippen LogP) is 3.37. The van der Waals surface area contributed by atoms with Crippen LogP contribution in [0.15, 0.2) is 18.2 Å². The number of hydrogen-bond donors (Lipinski definition) is 0. The van der Waals surface area contributed by atoms with Crippen molar-refractivity contribution in [2.45, 2.75) is 51.2 Å². The van der Waals surface area contributed by atoms with Crippen LogP contribution >= 0.6 is 0 Å². The van der Waals surface area contributed by atoms with E-state index in [1.54, 1.807) is 7.11 Å². The lowest BCUT2D eigenvalue weighted by atomic mass is 9.86. The van der Waals surface area contributed by atoms with Crippen molar-refractivity contribution in [3.63, 3.8) is 0 Å². The van der Waals surface area contributed by atoms with Gasteiger partial charge in [-0.15, -0.1) is 0 Å². The van der Waals surface area contributed by atoms with Gasteiger partial charge >= 0.3 is 6.09 Å². The molecule has 2 atom stereocenters. The standard InChI is InChI=1S/C21H29N3O3/c1-21(2,3)27-20(25)24-10-9-23-13-17(7-8-18(23)14-24)15-5-6-16(12-22)19(11-15)26-4/h5-6,11,17-18H,7-10,13-14H2,1-4H3/t17-,18-/m1/s1. The molecular weight excluding hydrogens is 342 g/mol. The maximum Gasteiger partial charge on any atom is 0.410 e. The highest BCUT2D eigenvalue weighted by atomic mass is 16.6. The highest BCUT2D eigenvalue weighted by Gasteiger charge is 2.36. The Kier molecular flexibility index (Phi) is 5.61. The Bertz CT molecular complexity index is 735. The number of rotatable bonds is 2. The number of amides is 1. The Morgan fingerprint density at radius 2 is 2.00 bits per heavy atom. The third-order valence-electron chi connectivity index (χ3n) is 5.38. The minimum absolute atomic E-state index is 0.207. The van der Waals surface area contributed by atoms with E-state index in [0.29, 0.717) is 29.8 Å². The molecule has 2 aliphatic rings. The van der Waals surface area contributed by atoms with Gasteiger partial charge in [0.1, 0.15) is 17.4 Å². The number of fused-ring (bicyclic) bond motifs is 1. The summed E-state index contributed by atoms with van der Waals surface area (Å²) in [5.74, 6) is 1.07. The average Bonchev–Trinajstić information content (AvgIpc) is 2.65. The van der Waals surface area contributed by atoms with Crippen LogP contribution in [-0.4, -0.2) is 60.8 Å². The zero-order valence-corrected chi connectivity index (χ0v) is 16.7. The molecule has 2 saturated heterocycles. The van der Waals surface area contributed by atoms with Gasteiger partial charge in [-0.2, -0.15) is 5.26 Å². The fraction of sp³-hybridized carbons (Fsp3) is 0.619. The van der Waals surface area contributed by atoms with Gasteiger partial charge < -0.3 is 14.4 Å². The number of nitrogens with zero attached hydrogens (tertiary/aromatic N) is 3. The number of nitriles is 1. The molecule has 6 nitrogen and oxygen atoms in total. The smallest absolute Gasteiger partial charge is 0.410 e. The first kappa shape index (κ1) is 19.5. The van der Waals surface area contributed by atoms with E-state index in [0.717, 1.165) is 32.5 Å². The maximum absolute atomic E-state index is 12.3. The van der Waals surface area contributed by atoms with Crippen LogP contribution in [0.1, 0.15) is 50.7 Å². The van der Waals surface area contributed by atoms with Crippen LogP contribution in [0, 0.1) is 11.3 Å². The van der Waals surface area contributed by atoms with Crippen molar-refractivity contribution in [2.75, 3.05) is 33.3 Å². The molecule has 0 bridgehead atoms. The second kappa shape index (κ2) is 7.77. The van der Waals surface area contributed by atoms with Gasteiger partial charge in [0.2, 0.25) is 0 Å². The zero-order valence-electron chi connectivity index (χ0n) is 16.7. The summed E-state index contributed by atoms with van der Waals surface area (Å²) >= 11 is 0. The Morgan fingerprint density at radius 1 is 1.22 bits per heavy atom. The molecule has 0 radical (unpaired) electrons. The van der Waals surface area contributed by atoms with Crippen molar-refractivity contribution in [3.8, 4) is 11.8 Å². The molecule has 0 saturated carbocycles. The first-order chi connectivity index (χ1) is 12.8. The van der Waals surface area contributed by atoms with Crippen LogP contribution in [0.5, 0.6) is 5.75 Å². The number of carbonyl (C=O) groups is 1. The summed E-state index contributed by atoms with van der Waals surface area (Å²) in [5, 5.41) is 9.16. The van der Waals surface area contributed by atoms with E-state index in [4.69, 9.17) is 14.7 Å². The zero-order chi connectivity index (χ0) is 19.6. The fourth-order valence-electron chi connectivity index (χ4n) is 3.99. The summed E-state index contributed by atoms with van der Waals surface area (Å²) in [6, 6.07) is 8.45. The molecule has 27 heavy (non-hydrogen) atoms. The van der Waals surface area contributed by atoms with Crippen LogP contribution < -0.4 is 4.74 Å². The molecule has 2 aliphatic heterocycles. The summed E-state index contributed by atoms with van der Waals surface area (Å²) < 4.78 is 10.9. The van der Waals surface area contributed by atoms with E-state index in [-0.39, 0.29) is 6.09 Å². The van der Waals surface area contributed by atoms with E-state index >= 15 is 0 Å². The Hall–Kier alpha value is -2.26. The molecule has 0 N–H and O–H groups in total. The second-order valence-corrected chi connectivity index (χ2v) is 8.42. The quantitative estimate of drug-likeness (QED) is 0.797. The molecule has 2 heterocycles. The Morgan fingerprint density at radius 3 is 2.67 bits per heavy atom. The van der Waals surface area contributed by atoms with Gasteiger partial charge in [0.25, 0.3) is 0 Å². The van der Waals surface area contributed by atoms with Gasteiger partial charge in [-0.3, -0.25) is 4.90 Å². The van der Waals surface area contributed by atoms with E-state index in [9.17, 15) is 4.79 Å². The lowest BCUT2D eigenvalue weighted by molar-refractivity contribution is -0.00447.